The Balaban J connectivity index is 2.77. The second-order valence-electron chi connectivity index (χ2n) is 2.87. The van der Waals surface area contributed by atoms with E-state index >= 15 is 0 Å². The Kier molecular flexibility index (Phi) is 5.12. The molecule has 15 heavy (non-hydrogen) atoms. The summed E-state index contributed by atoms with van der Waals surface area (Å²) in [6.45, 7) is -0.261. The van der Waals surface area contributed by atoms with E-state index in [2.05, 4.69) is 22.0 Å². The number of aliphatic hydroxyl groups is 2. The SMILES string of the molecule is N#Cc1c(Br)cccc1SCC(O)CO. The van der Waals surface area contributed by atoms with Gasteiger partial charge in [-0.15, -0.1) is 11.8 Å². The normalized spacial score (nSPS) is 12.1. The lowest BCUT2D eigenvalue weighted by Crippen LogP contribution is -2.14. The van der Waals surface area contributed by atoms with Gasteiger partial charge >= 0.3 is 0 Å². The van der Waals surface area contributed by atoms with E-state index in [4.69, 9.17) is 10.4 Å². The Bertz CT molecular complexity index is 378. The molecule has 0 saturated heterocycles. The van der Waals surface area contributed by atoms with Gasteiger partial charge in [0.1, 0.15) is 6.07 Å². The molecule has 0 heterocycles. The molecule has 1 rings (SSSR count). The third-order valence-corrected chi connectivity index (χ3v) is 3.59. The number of thioether (sulfide) groups is 1. The van der Waals surface area contributed by atoms with Crippen molar-refractivity contribution in [3.8, 4) is 6.07 Å². The van der Waals surface area contributed by atoms with Gasteiger partial charge in [0.15, 0.2) is 0 Å². The highest BCUT2D eigenvalue weighted by Crippen LogP contribution is 2.28. The summed E-state index contributed by atoms with van der Waals surface area (Å²) in [7, 11) is 0. The summed E-state index contributed by atoms with van der Waals surface area (Å²) in [6.07, 6.45) is -0.750. The summed E-state index contributed by atoms with van der Waals surface area (Å²) in [5.74, 6) is 0.377. The number of benzene rings is 1. The summed E-state index contributed by atoms with van der Waals surface area (Å²) in [5, 5.41) is 26.8. The van der Waals surface area contributed by atoms with Crippen molar-refractivity contribution in [2.24, 2.45) is 0 Å². The van der Waals surface area contributed by atoms with Crippen LogP contribution in [0.2, 0.25) is 0 Å². The molecule has 1 aromatic carbocycles. The van der Waals surface area contributed by atoms with Gasteiger partial charge < -0.3 is 10.2 Å². The monoisotopic (exact) mass is 287 g/mol. The number of rotatable bonds is 4. The zero-order chi connectivity index (χ0) is 11.3. The van der Waals surface area contributed by atoms with Crippen molar-refractivity contribution in [3.63, 3.8) is 0 Å². The molecule has 0 aromatic heterocycles. The first kappa shape index (κ1) is 12.5. The third-order valence-electron chi connectivity index (χ3n) is 1.73. The van der Waals surface area contributed by atoms with Crippen LogP contribution in [0.3, 0.4) is 0 Å². The summed E-state index contributed by atoms with van der Waals surface area (Å²) >= 11 is 4.64. The first-order valence-electron chi connectivity index (χ1n) is 4.29. The van der Waals surface area contributed by atoms with E-state index in [9.17, 15) is 5.11 Å². The van der Waals surface area contributed by atoms with Crippen LogP contribution in [-0.4, -0.2) is 28.7 Å². The first-order valence-corrected chi connectivity index (χ1v) is 6.07. The molecule has 2 N–H and O–H groups in total. The lowest BCUT2D eigenvalue weighted by Gasteiger charge is -2.08. The fourth-order valence-corrected chi connectivity index (χ4v) is 2.51. The molecule has 0 fully saturated rings. The van der Waals surface area contributed by atoms with E-state index in [-0.39, 0.29) is 6.61 Å². The van der Waals surface area contributed by atoms with Crippen LogP contribution in [0.5, 0.6) is 0 Å². The van der Waals surface area contributed by atoms with Crippen LogP contribution in [0.4, 0.5) is 0 Å². The Morgan fingerprint density at radius 1 is 1.53 bits per heavy atom. The Morgan fingerprint density at radius 2 is 2.27 bits per heavy atom. The molecule has 80 valence electrons. The zero-order valence-corrected chi connectivity index (χ0v) is 10.3. The van der Waals surface area contributed by atoms with Crippen LogP contribution < -0.4 is 0 Å². The molecule has 3 nitrogen and oxygen atoms in total. The number of aliphatic hydroxyl groups excluding tert-OH is 2. The summed E-state index contributed by atoms with van der Waals surface area (Å²) in [5.41, 5.74) is 0.563. The maximum Gasteiger partial charge on any atom is 0.101 e. The molecule has 1 aromatic rings. The molecule has 0 aliphatic carbocycles. The van der Waals surface area contributed by atoms with Crippen LogP contribution >= 0.6 is 27.7 Å². The number of hydrogen-bond donors (Lipinski definition) is 2. The van der Waals surface area contributed by atoms with E-state index < -0.39 is 6.10 Å². The van der Waals surface area contributed by atoms with Crippen LogP contribution in [0.15, 0.2) is 27.6 Å². The van der Waals surface area contributed by atoms with Crippen LogP contribution in [0, 0.1) is 11.3 Å². The lowest BCUT2D eigenvalue weighted by atomic mass is 10.2. The van der Waals surface area contributed by atoms with Crippen molar-refractivity contribution in [3.05, 3.63) is 28.2 Å². The Labute approximate surface area is 101 Å². The van der Waals surface area contributed by atoms with Crippen molar-refractivity contribution in [1.82, 2.24) is 0 Å². The Hall–Kier alpha value is -0.540. The van der Waals surface area contributed by atoms with Gasteiger partial charge in [0.2, 0.25) is 0 Å². The van der Waals surface area contributed by atoms with E-state index in [1.165, 1.54) is 11.8 Å². The van der Waals surface area contributed by atoms with Gasteiger partial charge in [-0.3, -0.25) is 0 Å². The minimum absolute atomic E-state index is 0.261. The molecule has 1 atom stereocenters. The minimum Gasteiger partial charge on any atom is -0.394 e. The van der Waals surface area contributed by atoms with Crippen LogP contribution in [0.25, 0.3) is 0 Å². The molecule has 0 spiro atoms. The van der Waals surface area contributed by atoms with Gasteiger partial charge in [-0.1, -0.05) is 6.07 Å². The van der Waals surface area contributed by atoms with Crippen molar-refractivity contribution in [2.45, 2.75) is 11.0 Å². The standard InChI is InChI=1S/C10H10BrNO2S/c11-9-2-1-3-10(8(9)4-12)15-6-7(14)5-13/h1-3,7,13-14H,5-6H2. The zero-order valence-electron chi connectivity index (χ0n) is 7.85. The molecule has 5 heteroatoms. The fourth-order valence-electron chi connectivity index (χ4n) is 0.972. The molecular formula is C10H10BrNO2S. The second-order valence-corrected chi connectivity index (χ2v) is 4.79. The summed E-state index contributed by atoms with van der Waals surface area (Å²) in [4.78, 5) is 0.805. The predicted molar refractivity (Wildman–Crippen MR) is 62.7 cm³/mol. The fraction of sp³-hybridized carbons (Fsp3) is 0.300. The summed E-state index contributed by atoms with van der Waals surface area (Å²) < 4.78 is 0.744. The van der Waals surface area contributed by atoms with E-state index in [1.54, 1.807) is 6.07 Å². The number of halogens is 1. The van der Waals surface area contributed by atoms with Gasteiger partial charge in [0.05, 0.1) is 18.3 Å². The van der Waals surface area contributed by atoms with E-state index in [0.717, 1.165) is 9.37 Å². The number of nitriles is 1. The molecule has 0 aliphatic rings. The average Bonchev–Trinajstić information content (AvgIpc) is 2.25. The van der Waals surface area contributed by atoms with Gasteiger partial charge in [0.25, 0.3) is 0 Å². The van der Waals surface area contributed by atoms with Gasteiger partial charge in [-0.05, 0) is 28.1 Å². The van der Waals surface area contributed by atoms with Crippen molar-refractivity contribution in [2.75, 3.05) is 12.4 Å². The number of hydrogen-bond acceptors (Lipinski definition) is 4. The topological polar surface area (TPSA) is 64.2 Å². The third kappa shape index (κ3) is 3.50. The summed E-state index contributed by atoms with van der Waals surface area (Å²) in [6, 6.07) is 7.54. The molecule has 1 unspecified atom stereocenters. The largest absolute Gasteiger partial charge is 0.394 e. The van der Waals surface area contributed by atoms with Crippen molar-refractivity contribution < 1.29 is 10.2 Å². The predicted octanol–water partition coefficient (Wildman–Crippen LogP) is 1.77. The molecular weight excluding hydrogens is 278 g/mol. The minimum atomic E-state index is -0.750. The average molecular weight is 288 g/mol. The maximum absolute atomic E-state index is 9.19. The molecule has 0 aliphatic heterocycles. The van der Waals surface area contributed by atoms with Crippen molar-refractivity contribution in [1.29, 1.82) is 5.26 Å². The quantitative estimate of drug-likeness (QED) is 0.829. The Morgan fingerprint density at radius 3 is 2.87 bits per heavy atom. The van der Waals surface area contributed by atoms with Gasteiger partial charge in [-0.25, -0.2) is 0 Å². The molecule has 0 bridgehead atoms. The molecule has 0 radical (unpaired) electrons. The van der Waals surface area contributed by atoms with Gasteiger partial charge in [-0.2, -0.15) is 5.26 Å². The first-order chi connectivity index (χ1) is 7.19. The highest BCUT2D eigenvalue weighted by Gasteiger charge is 2.08. The smallest absolute Gasteiger partial charge is 0.101 e. The molecule has 0 amide bonds. The van der Waals surface area contributed by atoms with Crippen molar-refractivity contribution >= 4 is 27.7 Å². The highest BCUT2D eigenvalue weighted by molar-refractivity contribution is 9.10. The molecule has 0 saturated carbocycles. The van der Waals surface area contributed by atoms with Crippen LogP contribution in [0.1, 0.15) is 5.56 Å². The van der Waals surface area contributed by atoms with E-state index in [1.807, 2.05) is 12.1 Å². The highest BCUT2D eigenvalue weighted by atomic mass is 79.9. The maximum atomic E-state index is 9.19. The lowest BCUT2D eigenvalue weighted by molar-refractivity contribution is 0.113. The second kappa shape index (κ2) is 6.13. The number of nitrogens with zero attached hydrogens (tertiary/aromatic N) is 1. The van der Waals surface area contributed by atoms with Crippen LogP contribution in [-0.2, 0) is 0 Å². The van der Waals surface area contributed by atoms with Gasteiger partial charge in [0, 0.05) is 15.1 Å². The van der Waals surface area contributed by atoms with E-state index in [0.29, 0.717) is 11.3 Å².